The van der Waals surface area contributed by atoms with Gasteiger partial charge in [0, 0.05) is 10.5 Å². The monoisotopic (exact) mass is 397 g/mol. The van der Waals surface area contributed by atoms with Crippen LogP contribution in [0.5, 0.6) is 5.75 Å². The quantitative estimate of drug-likeness (QED) is 0.813. The standard InChI is InChI=1S/C16H17Br2NO/c1-20-16-7-6-11(9-15(16)18)8-13(19)10-12-4-2-3-5-14(12)17/h2-7,9,13H,8,10,19H2,1H3. The summed E-state index contributed by atoms with van der Waals surface area (Å²) in [4.78, 5) is 0. The molecule has 0 aliphatic heterocycles. The van der Waals surface area contributed by atoms with Gasteiger partial charge in [0.1, 0.15) is 5.75 Å². The highest BCUT2D eigenvalue weighted by molar-refractivity contribution is 9.10. The Labute approximate surface area is 136 Å². The first kappa shape index (κ1) is 15.5. The van der Waals surface area contributed by atoms with Crippen LogP contribution in [0.15, 0.2) is 51.4 Å². The number of halogens is 2. The molecule has 0 saturated carbocycles. The molecule has 2 aromatic carbocycles. The molecule has 2 aromatic rings. The van der Waals surface area contributed by atoms with Gasteiger partial charge in [-0.25, -0.2) is 0 Å². The second kappa shape index (κ2) is 7.25. The lowest BCUT2D eigenvalue weighted by molar-refractivity contribution is 0.412. The number of hydrogen-bond acceptors (Lipinski definition) is 2. The van der Waals surface area contributed by atoms with E-state index in [9.17, 15) is 0 Å². The number of methoxy groups -OCH3 is 1. The second-order valence-corrected chi connectivity index (χ2v) is 6.44. The second-order valence-electron chi connectivity index (χ2n) is 4.73. The molecule has 2 N–H and O–H groups in total. The van der Waals surface area contributed by atoms with Crippen LogP contribution >= 0.6 is 31.9 Å². The average Bonchev–Trinajstić information content (AvgIpc) is 2.41. The minimum atomic E-state index is 0.0917. The third-order valence-corrected chi connectivity index (χ3v) is 4.55. The summed E-state index contributed by atoms with van der Waals surface area (Å²) in [6.45, 7) is 0. The van der Waals surface area contributed by atoms with Crippen LogP contribution < -0.4 is 10.5 Å². The highest BCUT2D eigenvalue weighted by Crippen LogP contribution is 2.26. The first-order chi connectivity index (χ1) is 9.60. The van der Waals surface area contributed by atoms with Gasteiger partial charge in [-0.3, -0.25) is 0 Å². The van der Waals surface area contributed by atoms with Crippen molar-refractivity contribution < 1.29 is 4.74 Å². The molecule has 0 heterocycles. The Morgan fingerprint density at radius 2 is 1.80 bits per heavy atom. The zero-order valence-corrected chi connectivity index (χ0v) is 14.4. The Morgan fingerprint density at radius 3 is 2.45 bits per heavy atom. The molecular weight excluding hydrogens is 382 g/mol. The van der Waals surface area contributed by atoms with Gasteiger partial charge >= 0.3 is 0 Å². The van der Waals surface area contributed by atoms with Crippen LogP contribution in [0.4, 0.5) is 0 Å². The first-order valence-corrected chi connectivity index (χ1v) is 8.00. The van der Waals surface area contributed by atoms with Crippen molar-refractivity contribution in [2.24, 2.45) is 5.73 Å². The molecule has 0 aliphatic carbocycles. The summed E-state index contributed by atoms with van der Waals surface area (Å²) in [7, 11) is 1.67. The fraction of sp³-hybridized carbons (Fsp3) is 0.250. The molecule has 4 heteroatoms. The largest absolute Gasteiger partial charge is 0.496 e. The average molecular weight is 399 g/mol. The smallest absolute Gasteiger partial charge is 0.133 e. The topological polar surface area (TPSA) is 35.2 Å². The van der Waals surface area contributed by atoms with Gasteiger partial charge < -0.3 is 10.5 Å². The molecule has 1 atom stereocenters. The van der Waals surface area contributed by atoms with Crippen molar-refractivity contribution in [3.8, 4) is 5.75 Å². The van der Waals surface area contributed by atoms with Crippen molar-refractivity contribution >= 4 is 31.9 Å². The molecule has 2 nitrogen and oxygen atoms in total. The highest BCUT2D eigenvalue weighted by Gasteiger charge is 2.09. The molecule has 0 amide bonds. The Morgan fingerprint density at radius 1 is 1.05 bits per heavy atom. The lowest BCUT2D eigenvalue weighted by atomic mass is 10.00. The van der Waals surface area contributed by atoms with E-state index >= 15 is 0 Å². The molecule has 1 unspecified atom stereocenters. The lowest BCUT2D eigenvalue weighted by Gasteiger charge is -2.14. The van der Waals surface area contributed by atoms with Crippen molar-refractivity contribution in [1.29, 1.82) is 0 Å². The van der Waals surface area contributed by atoms with E-state index in [1.165, 1.54) is 11.1 Å². The zero-order chi connectivity index (χ0) is 14.5. The number of ether oxygens (including phenoxy) is 1. The molecule has 0 spiro atoms. The van der Waals surface area contributed by atoms with Gasteiger partial charge in [0.05, 0.1) is 11.6 Å². The zero-order valence-electron chi connectivity index (χ0n) is 11.3. The number of benzene rings is 2. The third kappa shape index (κ3) is 4.08. The highest BCUT2D eigenvalue weighted by atomic mass is 79.9. The molecule has 0 bridgehead atoms. The van der Waals surface area contributed by atoms with Gasteiger partial charge in [0.15, 0.2) is 0 Å². The molecule has 106 valence electrons. The van der Waals surface area contributed by atoms with Crippen LogP contribution in [0.1, 0.15) is 11.1 Å². The van der Waals surface area contributed by atoms with Crippen LogP contribution in [0.25, 0.3) is 0 Å². The molecular formula is C16H17Br2NO. The van der Waals surface area contributed by atoms with Crippen molar-refractivity contribution in [3.05, 3.63) is 62.5 Å². The third-order valence-electron chi connectivity index (χ3n) is 3.15. The van der Waals surface area contributed by atoms with E-state index in [1.807, 2.05) is 24.3 Å². The van der Waals surface area contributed by atoms with Crippen molar-refractivity contribution in [2.75, 3.05) is 7.11 Å². The Kier molecular flexibility index (Phi) is 5.64. The molecule has 20 heavy (non-hydrogen) atoms. The van der Waals surface area contributed by atoms with E-state index in [0.717, 1.165) is 27.5 Å². The Bertz CT molecular complexity index is 586. The van der Waals surface area contributed by atoms with Crippen molar-refractivity contribution in [1.82, 2.24) is 0 Å². The summed E-state index contributed by atoms with van der Waals surface area (Å²) in [5.74, 6) is 0.841. The van der Waals surface area contributed by atoms with Gasteiger partial charge in [0.2, 0.25) is 0 Å². The van der Waals surface area contributed by atoms with Gasteiger partial charge in [-0.15, -0.1) is 0 Å². The van der Waals surface area contributed by atoms with Crippen LogP contribution in [-0.2, 0) is 12.8 Å². The van der Waals surface area contributed by atoms with E-state index in [0.29, 0.717) is 0 Å². The molecule has 0 aromatic heterocycles. The normalized spacial score (nSPS) is 12.2. The summed E-state index contributed by atoms with van der Waals surface area (Å²) in [6, 6.07) is 14.4. The molecule has 0 aliphatic rings. The molecule has 2 rings (SSSR count). The predicted octanol–water partition coefficient (Wildman–Crippen LogP) is 4.33. The van der Waals surface area contributed by atoms with Crippen LogP contribution in [0.2, 0.25) is 0 Å². The van der Waals surface area contributed by atoms with Crippen LogP contribution in [0.3, 0.4) is 0 Å². The summed E-state index contributed by atoms with van der Waals surface area (Å²) in [6.07, 6.45) is 1.69. The minimum Gasteiger partial charge on any atom is -0.496 e. The predicted molar refractivity (Wildman–Crippen MR) is 90.2 cm³/mol. The van der Waals surface area contributed by atoms with Crippen LogP contribution in [0, 0.1) is 0 Å². The lowest BCUT2D eigenvalue weighted by Crippen LogP contribution is -2.25. The Balaban J connectivity index is 2.03. The van der Waals surface area contributed by atoms with Crippen molar-refractivity contribution in [2.45, 2.75) is 18.9 Å². The van der Waals surface area contributed by atoms with Gasteiger partial charge in [-0.2, -0.15) is 0 Å². The van der Waals surface area contributed by atoms with Crippen molar-refractivity contribution in [3.63, 3.8) is 0 Å². The fourth-order valence-electron chi connectivity index (χ4n) is 2.16. The van der Waals surface area contributed by atoms with E-state index in [1.54, 1.807) is 7.11 Å². The van der Waals surface area contributed by atoms with Gasteiger partial charge in [-0.05, 0) is 58.1 Å². The maximum atomic E-state index is 6.26. The van der Waals surface area contributed by atoms with Gasteiger partial charge in [-0.1, -0.05) is 40.2 Å². The van der Waals surface area contributed by atoms with Gasteiger partial charge in [0.25, 0.3) is 0 Å². The summed E-state index contributed by atoms with van der Waals surface area (Å²) in [5, 5.41) is 0. The fourth-order valence-corrected chi connectivity index (χ4v) is 3.19. The summed E-state index contributed by atoms with van der Waals surface area (Å²) in [5.41, 5.74) is 8.71. The minimum absolute atomic E-state index is 0.0917. The molecule has 0 radical (unpaired) electrons. The maximum Gasteiger partial charge on any atom is 0.133 e. The summed E-state index contributed by atoms with van der Waals surface area (Å²) >= 11 is 7.06. The maximum absolute atomic E-state index is 6.26. The van der Waals surface area contributed by atoms with E-state index in [-0.39, 0.29) is 6.04 Å². The van der Waals surface area contributed by atoms with E-state index in [4.69, 9.17) is 10.5 Å². The summed E-state index contributed by atoms with van der Waals surface area (Å²) < 4.78 is 7.31. The van der Waals surface area contributed by atoms with Crippen LogP contribution in [-0.4, -0.2) is 13.2 Å². The number of hydrogen-bond donors (Lipinski definition) is 1. The number of nitrogens with two attached hydrogens (primary N) is 1. The SMILES string of the molecule is COc1ccc(CC(N)Cc2ccccc2Br)cc1Br. The number of rotatable bonds is 5. The van der Waals surface area contributed by atoms with E-state index < -0.39 is 0 Å². The first-order valence-electron chi connectivity index (χ1n) is 6.41. The van der Waals surface area contributed by atoms with E-state index in [2.05, 4.69) is 50.1 Å². The molecule has 0 fully saturated rings. The molecule has 0 saturated heterocycles. The Hall–Kier alpha value is -0.840.